The van der Waals surface area contributed by atoms with Crippen LogP contribution in [0.5, 0.6) is 28.7 Å². The van der Waals surface area contributed by atoms with Crippen LogP contribution in [0.3, 0.4) is 0 Å². The highest BCUT2D eigenvalue weighted by Crippen LogP contribution is 2.47. The molecule has 8 heteroatoms. The molecule has 2 aromatic carbocycles. The number of rotatable bonds is 8. The number of hydrogen-bond donors (Lipinski definition) is 1. The lowest BCUT2D eigenvalue weighted by Gasteiger charge is -2.35. The highest BCUT2D eigenvalue weighted by atomic mass is 16.5. The maximum atomic E-state index is 13.5. The van der Waals surface area contributed by atoms with Gasteiger partial charge in [-0.3, -0.25) is 9.59 Å². The van der Waals surface area contributed by atoms with E-state index in [2.05, 4.69) is 5.32 Å². The van der Waals surface area contributed by atoms with Gasteiger partial charge in [-0.1, -0.05) is 6.07 Å². The van der Waals surface area contributed by atoms with Crippen molar-refractivity contribution in [3.63, 3.8) is 0 Å². The Hall–Kier alpha value is -3.68. The number of nitrogens with one attached hydrogen (secondary N) is 1. The molecule has 192 valence electrons. The van der Waals surface area contributed by atoms with Crippen molar-refractivity contribution >= 4 is 11.7 Å². The van der Waals surface area contributed by atoms with E-state index in [4.69, 9.17) is 23.7 Å². The highest BCUT2D eigenvalue weighted by Gasteiger charge is 2.39. The number of methoxy groups -OCH3 is 4. The zero-order chi connectivity index (χ0) is 26.0. The van der Waals surface area contributed by atoms with Crippen LogP contribution in [0.15, 0.2) is 41.6 Å². The molecule has 0 bridgehead atoms. The van der Waals surface area contributed by atoms with E-state index in [-0.39, 0.29) is 36.1 Å². The molecule has 1 heterocycles. The fraction of sp³-hybridized carbons (Fsp3) is 0.429. The average Bonchev–Trinajstić information content (AvgIpc) is 2.86. The van der Waals surface area contributed by atoms with Crippen molar-refractivity contribution < 1.29 is 33.3 Å². The van der Waals surface area contributed by atoms with E-state index in [9.17, 15) is 9.59 Å². The molecule has 4 rings (SSSR count). The molecule has 0 spiro atoms. The first-order valence-electron chi connectivity index (χ1n) is 12.0. The Kier molecular flexibility index (Phi) is 7.43. The summed E-state index contributed by atoms with van der Waals surface area (Å²) < 4.78 is 27.8. The van der Waals surface area contributed by atoms with Gasteiger partial charge in [0.1, 0.15) is 0 Å². The van der Waals surface area contributed by atoms with Crippen molar-refractivity contribution in [2.75, 3.05) is 28.4 Å². The highest BCUT2D eigenvalue weighted by molar-refractivity contribution is 6.02. The molecular weight excluding hydrogens is 462 g/mol. The lowest BCUT2D eigenvalue weighted by atomic mass is 9.73. The summed E-state index contributed by atoms with van der Waals surface area (Å²) in [6.07, 6.45) is 1.03. The van der Waals surface area contributed by atoms with Crippen molar-refractivity contribution in [2.45, 2.75) is 51.0 Å². The number of allylic oxidation sites excluding steroid dienone is 2. The number of Topliss-reactive ketones (excluding diaryl/α,β-unsaturated/α-hetero) is 1. The predicted molar refractivity (Wildman–Crippen MR) is 134 cm³/mol. The van der Waals surface area contributed by atoms with Crippen molar-refractivity contribution in [1.29, 1.82) is 0 Å². The van der Waals surface area contributed by atoms with Crippen LogP contribution in [0.25, 0.3) is 0 Å². The SMILES string of the molecule is COc1cc(C2CC(=O)NC3=C2C(=O)CC(c2cc(OC)c(OC)c(OC)c2)C3)ccc1OC(C)C. The minimum atomic E-state index is -0.343. The lowest BCUT2D eigenvalue weighted by Crippen LogP contribution is -2.38. The first-order chi connectivity index (χ1) is 17.3. The fourth-order valence-electron chi connectivity index (χ4n) is 5.07. The van der Waals surface area contributed by atoms with Crippen LogP contribution in [-0.4, -0.2) is 46.2 Å². The Balaban J connectivity index is 1.70. The van der Waals surface area contributed by atoms with E-state index < -0.39 is 0 Å². The van der Waals surface area contributed by atoms with Gasteiger partial charge in [-0.25, -0.2) is 0 Å². The van der Waals surface area contributed by atoms with E-state index in [1.165, 1.54) is 0 Å². The number of hydrogen-bond acceptors (Lipinski definition) is 7. The fourth-order valence-corrected chi connectivity index (χ4v) is 5.07. The number of carbonyl (C=O) groups is 2. The molecule has 2 aromatic rings. The Bertz CT molecular complexity index is 1180. The van der Waals surface area contributed by atoms with Gasteiger partial charge in [-0.15, -0.1) is 0 Å². The summed E-state index contributed by atoms with van der Waals surface area (Å²) in [6, 6.07) is 9.35. The van der Waals surface area contributed by atoms with Gasteiger partial charge in [0, 0.05) is 30.0 Å². The van der Waals surface area contributed by atoms with Crippen LogP contribution >= 0.6 is 0 Å². The standard InChI is InChI=1S/C28H33NO7/c1-15(2)36-22-8-7-16(11-23(22)32-3)19-14-26(31)29-20-9-17(10-21(30)27(19)20)18-12-24(33-4)28(35-6)25(13-18)34-5/h7-8,11-13,15,17,19H,9-10,14H2,1-6H3,(H,29,31). The summed E-state index contributed by atoms with van der Waals surface area (Å²) >= 11 is 0. The van der Waals surface area contributed by atoms with E-state index in [0.29, 0.717) is 52.9 Å². The summed E-state index contributed by atoms with van der Waals surface area (Å²) in [6.45, 7) is 3.89. The molecule has 2 unspecified atom stereocenters. The predicted octanol–water partition coefficient (Wildman–Crippen LogP) is 4.51. The normalized spacial score (nSPS) is 19.5. The third kappa shape index (κ3) is 4.85. The Morgan fingerprint density at radius 2 is 1.42 bits per heavy atom. The molecule has 0 saturated carbocycles. The van der Waals surface area contributed by atoms with Gasteiger partial charge in [0.25, 0.3) is 0 Å². The molecule has 1 aliphatic heterocycles. The van der Waals surface area contributed by atoms with E-state index in [1.807, 2.05) is 44.2 Å². The van der Waals surface area contributed by atoms with E-state index >= 15 is 0 Å². The number of ether oxygens (including phenoxy) is 5. The van der Waals surface area contributed by atoms with Gasteiger partial charge in [0.2, 0.25) is 11.7 Å². The Morgan fingerprint density at radius 3 is 2.00 bits per heavy atom. The maximum Gasteiger partial charge on any atom is 0.225 e. The minimum Gasteiger partial charge on any atom is -0.493 e. The van der Waals surface area contributed by atoms with E-state index in [0.717, 1.165) is 11.1 Å². The Labute approximate surface area is 211 Å². The zero-order valence-corrected chi connectivity index (χ0v) is 21.6. The van der Waals surface area contributed by atoms with Crippen LogP contribution in [0, 0.1) is 0 Å². The molecule has 0 radical (unpaired) electrons. The quantitative estimate of drug-likeness (QED) is 0.576. The van der Waals surface area contributed by atoms with Gasteiger partial charge >= 0.3 is 0 Å². The summed E-state index contributed by atoms with van der Waals surface area (Å²) in [4.78, 5) is 26.3. The monoisotopic (exact) mass is 495 g/mol. The second kappa shape index (κ2) is 10.5. The van der Waals surface area contributed by atoms with Gasteiger partial charge in [0.15, 0.2) is 28.8 Å². The van der Waals surface area contributed by atoms with Crippen LogP contribution < -0.4 is 29.0 Å². The van der Waals surface area contributed by atoms with Gasteiger partial charge in [-0.05, 0) is 61.6 Å². The Morgan fingerprint density at radius 1 is 0.778 bits per heavy atom. The van der Waals surface area contributed by atoms with Crippen LogP contribution in [0.4, 0.5) is 0 Å². The molecule has 0 aromatic heterocycles. The first kappa shape index (κ1) is 25.4. The van der Waals surface area contributed by atoms with Gasteiger partial charge in [0.05, 0.1) is 34.5 Å². The van der Waals surface area contributed by atoms with Gasteiger partial charge in [-0.2, -0.15) is 0 Å². The summed E-state index contributed by atoms with van der Waals surface area (Å²) in [5, 5.41) is 2.97. The van der Waals surface area contributed by atoms with Crippen LogP contribution in [-0.2, 0) is 9.59 Å². The molecule has 8 nitrogen and oxygen atoms in total. The third-order valence-electron chi connectivity index (χ3n) is 6.65. The van der Waals surface area contributed by atoms with Gasteiger partial charge < -0.3 is 29.0 Å². The molecular formula is C28H33NO7. The average molecular weight is 496 g/mol. The maximum absolute atomic E-state index is 13.5. The molecule has 2 aliphatic rings. The smallest absolute Gasteiger partial charge is 0.225 e. The summed E-state index contributed by atoms with van der Waals surface area (Å²) in [5.74, 6) is 2.18. The van der Waals surface area contributed by atoms with Crippen molar-refractivity contribution in [1.82, 2.24) is 5.32 Å². The lowest BCUT2D eigenvalue weighted by molar-refractivity contribution is -0.122. The molecule has 0 fully saturated rings. The van der Waals surface area contributed by atoms with E-state index in [1.54, 1.807) is 28.4 Å². The van der Waals surface area contributed by atoms with Crippen molar-refractivity contribution in [3.05, 3.63) is 52.7 Å². The molecule has 1 N–H and O–H groups in total. The van der Waals surface area contributed by atoms with Crippen molar-refractivity contribution in [3.8, 4) is 28.7 Å². The van der Waals surface area contributed by atoms with Crippen molar-refractivity contribution in [2.24, 2.45) is 0 Å². The van der Waals surface area contributed by atoms with Crippen LogP contribution in [0.1, 0.15) is 56.1 Å². The summed E-state index contributed by atoms with van der Waals surface area (Å²) in [5.41, 5.74) is 3.08. The zero-order valence-electron chi connectivity index (χ0n) is 21.6. The largest absolute Gasteiger partial charge is 0.493 e. The molecule has 36 heavy (non-hydrogen) atoms. The first-order valence-corrected chi connectivity index (χ1v) is 12.0. The third-order valence-corrected chi connectivity index (χ3v) is 6.65. The molecule has 1 aliphatic carbocycles. The second-order valence-electron chi connectivity index (χ2n) is 9.26. The number of amides is 1. The minimum absolute atomic E-state index is 0.00780. The molecule has 2 atom stereocenters. The topological polar surface area (TPSA) is 92.3 Å². The number of ketones is 1. The number of carbonyl (C=O) groups excluding carboxylic acids is 2. The molecule has 0 saturated heterocycles. The molecule has 1 amide bonds. The van der Waals surface area contributed by atoms with Crippen LogP contribution in [0.2, 0.25) is 0 Å². The number of benzene rings is 2. The second-order valence-corrected chi connectivity index (χ2v) is 9.26. The summed E-state index contributed by atoms with van der Waals surface area (Å²) in [7, 11) is 6.25.